The Morgan fingerprint density at radius 3 is 2.41 bits per heavy atom. The molecule has 144 valence electrons. The van der Waals surface area contributed by atoms with Crippen molar-refractivity contribution in [3.05, 3.63) is 98.9 Å². The molecule has 0 unspecified atom stereocenters. The van der Waals surface area contributed by atoms with E-state index in [1.165, 1.54) is 12.1 Å². The number of hydrogen-bond donors (Lipinski definition) is 1. The van der Waals surface area contributed by atoms with Crippen molar-refractivity contribution in [3.8, 4) is 11.8 Å². The van der Waals surface area contributed by atoms with Gasteiger partial charge in [-0.3, -0.25) is 4.79 Å². The van der Waals surface area contributed by atoms with Crippen molar-refractivity contribution < 1.29 is 13.9 Å². The third-order valence-electron chi connectivity index (χ3n) is 4.01. The molecule has 6 heteroatoms. The van der Waals surface area contributed by atoms with Crippen LogP contribution < -0.4 is 10.1 Å². The molecule has 1 N–H and O–H groups in total. The van der Waals surface area contributed by atoms with Crippen LogP contribution in [0.3, 0.4) is 0 Å². The van der Waals surface area contributed by atoms with Gasteiger partial charge in [0.2, 0.25) is 0 Å². The van der Waals surface area contributed by atoms with Crippen molar-refractivity contribution in [1.29, 1.82) is 5.26 Å². The fourth-order valence-corrected chi connectivity index (χ4v) is 2.84. The summed E-state index contributed by atoms with van der Waals surface area (Å²) in [6, 6.07) is 22.5. The lowest BCUT2D eigenvalue weighted by Crippen LogP contribution is -2.13. The lowest BCUT2D eigenvalue weighted by molar-refractivity contribution is -0.112. The number of anilines is 1. The van der Waals surface area contributed by atoms with Crippen molar-refractivity contribution in [1.82, 2.24) is 0 Å². The number of ether oxygens (including phenoxy) is 1. The van der Waals surface area contributed by atoms with Crippen LogP contribution in [-0.2, 0) is 11.4 Å². The van der Waals surface area contributed by atoms with E-state index >= 15 is 0 Å². The Labute approximate surface area is 181 Å². The Balaban J connectivity index is 1.65. The number of carbonyl (C=O) groups is 1. The molecule has 0 bridgehead atoms. The molecule has 1 amide bonds. The van der Waals surface area contributed by atoms with E-state index in [9.17, 15) is 14.4 Å². The monoisotopic (exact) mass is 498 g/mol. The first-order chi connectivity index (χ1) is 14.0. The molecule has 3 aromatic rings. The zero-order chi connectivity index (χ0) is 20.6. The number of nitrogens with zero attached hydrogens (tertiary/aromatic N) is 1. The summed E-state index contributed by atoms with van der Waals surface area (Å²) in [7, 11) is 0. The van der Waals surface area contributed by atoms with Crippen molar-refractivity contribution in [3.63, 3.8) is 0 Å². The minimum atomic E-state index is -0.478. The van der Waals surface area contributed by atoms with E-state index in [1.807, 2.05) is 18.2 Å². The van der Waals surface area contributed by atoms with Crippen LogP contribution in [0.2, 0.25) is 0 Å². The fraction of sp³-hybridized carbons (Fsp3) is 0.0435. The van der Waals surface area contributed by atoms with Gasteiger partial charge in [0.05, 0.1) is 0 Å². The molecule has 0 spiro atoms. The van der Waals surface area contributed by atoms with Crippen molar-refractivity contribution in [2.45, 2.75) is 6.61 Å². The van der Waals surface area contributed by atoms with Gasteiger partial charge in [-0.15, -0.1) is 0 Å². The fourth-order valence-electron chi connectivity index (χ4n) is 2.48. The summed E-state index contributed by atoms with van der Waals surface area (Å²) in [5.74, 6) is -0.231. The highest BCUT2D eigenvalue weighted by Crippen LogP contribution is 2.18. The van der Waals surface area contributed by atoms with Crippen LogP contribution >= 0.6 is 22.6 Å². The van der Waals surface area contributed by atoms with E-state index in [-0.39, 0.29) is 18.0 Å². The molecular formula is C23H16FIN2O2. The average molecular weight is 498 g/mol. The third kappa shape index (κ3) is 5.90. The summed E-state index contributed by atoms with van der Waals surface area (Å²) in [5, 5.41) is 12.0. The van der Waals surface area contributed by atoms with Crippen LogP contribution in [0.15, 0.2) is 78.4 Å². The zero-order valence-corrected chi connectivity index (χ0v) is 17.4. The first kappa shape index (κ1) is 20.6. The summed E-state index contributed by atoms with van der Waals surface area (Å²) >= 11 is 2.17. The van der Waals surface area contributed by atoms with E-state index in [0.717, 1.165) is 3.57 Å². The van der Waals surface area contributed by atoms with Crippen LogP contribution in [0.4, 0.5) is 10.1 Å². The summed E-state index contributed by atoms with van der Waals surface area (Å²) in [5.41, 5.74) is 1.75. The number of nitriles is 1. The first-order valence-electron chi connectivity index (χ1n) is 8.70. The highest BCUT2D eigenvalue weighted by Gasteiger charge is 2.10. The predicted octanol–water partition coefficient (Wildman–Crippen LogP) is 5.55. The molecule has 0 aliphatic rings. The molecule has 4 nitrogen and oxygen atoms in total. The van der Waals surface area contributed by atoms with E-state index < -0.39 is 5.91 Å². The molecule has 0 saturated heterocycles. The Hall–Kier alpha value is -3.18. The quantitative estimate of drug-likeness (QED) is 0.275. The molecule has 0 fully saturated rings. The second-order valence-electron chi connectivity index (χ2n) is 6.08. The van der Waals surface area contributed by atoms with Crippen LogP contribution in [0.1, 0.15) is 11.1 Å². The van der Waals surface area contributed by atoms with Gasteiger partial charge in [-0.1, -0.05) is 30.3 Å². The van der Waals surface area contributed by atoms with Crippen LogP contribution in [0, 0.1) is 20.7 Å². The van der Waals surface area contributed by atoms with Crippen molar-refractivity contribution >= 4 is 40.3 Å². The van der Waals surface area contributed by atoms with Gasteiger partial charge < -0.3 is 10.1 Å². The molecule has 0 radical (unpaired) electrons. The number of benzene rings is 3. The normalized spacial score (nSPS) is 10.9. The second kappa shape index (κ2) is 9.85. The van der Waals surface area contributed by atoms with Gasteiger partial charge in [0, 0.05) is 14.8 Å². The maximum absolute atomic E-state index is 13.6. The van der Waals surface area contributed by atoms with Crippen LogP contribution in [-0.4, -0.2) is 5.91 Å². The highest BCUT2D eigenvalue weighted by atomic mass is 127. The van der Waals surface area contributed by atoms with Gasteiger partial charge in [-0.25, -0.2) is 4.39 Å². The molecule has 3 aromatic carbocycles. The largest absolute Gasteiger partial charge is 0.489 e. The van der Waals surface area contributed by atoms with E-state index in [1.54, 1.807) is 54.6 Å². The lowest BCUT2D eigenvalue weighted by atomic mass is 10.1. The van der Waals surface area contributed by atoms with Crippen molar-refractivity contribution in [2.75, 3.05) is 5.32 Å². The topological polar surface area (TPSA) is 62.1 Å². The Morgan fingerprint density at radius 1 is 1.07 bits per heavy atom. The van der Waals surface area contributed by atoms with Gasteiger partial charge in [-0.05, 0) is 76.7 Å². The summed E-state index contributed by atoms with van der Waals surface area (Å²) in [6.07, 6.45) is 1.50. The van der Waals surface area contributed by atoms with Gasteiger partial charge in [0.25, 0.3) is 5.91 Å². The van der Waals surface area contributed by atoms with Crippen LogP contribution in [0.5, 0.6) is 5.75 Å². The van der Waals surface area contributed by atoms with E-state index in [2.05, 4.69) is 27.9 Å². The molecule has 29 heavy (non-hydrogen) atoms. The number of nitrogens with one attached hydrogen (secondary N) is 1. The first-order valence-corrected chi connectivity index (χ1v) is 9.78. The van der Waals surface area contributed by atoms with Gasteiger partial charge >= 0.3 is 0 Å². The van der Waals surface area contributed by atoms with Crippen molar-refractivity contribution in [2.24, 2.45) is 0 Å². The number of amides is 1. The molecule has 0 heterocycles. The number of hydrogen-bond acceptors (Lipinski definition) is 3. The Kier molecular flexibility index (Phi) is 6.98. The van der Waals surface area contributed by atoms with Crippen LogP contribution in [0.25, 0.3) is 6.08 Å². The smallest absolute Gasteiger partial charge is 0.266 e. The molecule has 0 saturated carbocycles. The Morgan fingerprint density at radius 2 is 1.76 bits per heavy atom. The van der Waals surface area contributed by atoms with Gasteiger partial charge in [-0.2, -0.15) is 5.26 Å². The lowest BCUT2D eigenvalue weighted by Gasteiger charge is -2.07. The average Bonchev–Trinajstić information content (AvgIpc) is 2.74. The van der Waals surface area contributed by atoms with E-state index in [0.29, 0.717) is 22.6 Å². The molecule has 0 aliphatic carbocycles. The maximum Gasteiger partial charge on any atom is 0.266 e. The predicted molar refractivity (Wildman–Crippen MR) is 119 cm³/mol. The number of rotatable bonds is 6. The second-order valence-corrected chi connectivity index (χ2v) is 7.33. The minimum absolute atomic E-state index is 0.0106. The number of halogens is 2. The van der Waals surface area contributed by atoms with Gasteiger partial charge in [0.1, 0.15) is 29.8 Å². The van der Waals surface area contributed by atoms with Gasteiger partial charge in [0.15, 0.2) is 0 Å². The number of carbonyl (C=O) groups excluding carboxylic acids is 1. The SMILES string of the molecule is N#C/C(=C\c1ccc(OCc2ccccc2F)cc1)C(=O)Nc1ccc(I)cc1. The molecular weight excluding hydrogens is 482 g/mol. The minimum Gasteiger partial charge on any atom is -0.489 e. The third-order valence-corrected chi connectivity index (χ3v) is 4.73. The highest BCUT2D eigenvalue weighted by molar-refractivity contribution is 14.1. The molecule has 0 atom stereocenters. The summed E-state index contributed by atoms with van der Waals surface area (Å²) in [6.45, 7) is 0.115. The summed E-state index contributed by atoms with van der Waals surface area (Å²) < 4.78 is 20.3. The standard InChI is InChI=1S/C23H16FIN2O2/c24-22-4-2-1-3-17(22)15-29-21-11-5-16(6-12-21)13-18(14-26)23(28)27-20-9-7-19(25)8-10-20/h1-13H,15H2,(H,27,28)/b18-13+. The zero-order valence-electron chi connectivity index (χ0n) is 15.2. The molecule has 3 rings (SSSR count). The summed E-state index contributed by atoms with van der Waals surface area (Å²) in [4.78, 5) is 12.3. The molecule has 0 aliphatic heterocycles. The molecule has 0 aromatic heterocycles. The maximum atomic E-state index is 13.6. The van der Waals surface area contributed by atoms with E-state index in [4.69, 9.17) is 4.74 Å². The Bertz CT molecular complexity index is 1070.